The number of nitrogens with zero attached hydrogens (tertiary/aromatic N) is 1. The maximum absolute atomic E-state index is 10.7. The molecule has 0 amide bonds. The SMILES string of the molecule is Cc1cc([N+](=O)[O-])c(Cl)cc1NCC1CC1. The maximum Gasteiger partial charge on any atom is 0.288 e. The average Bonchev–Trinajstić information content (AvgIpc) is 3.02. The Morgan fingerprint density at radius 2 is 2.25 bits per heavy atom. The summed E-state index contributed by atoms with van der Waals surface area (Å²) in [6.45, 7) is 2.77. The van der Waals surface area contributed by atoms with Gasteiger partial charge in [0.2, 0.25) is 0 Å². The van der Waals surface area contributed by atoms with Crippen molar-refractivity contribution in [1.82, 2.24) is 0 Å². The summed E-state index contributed by atoms with van der Waals surface area (Å²) in [6, 6.07) is 3.15. The molecule has 1 aliphatic rings. The van der Waals surface area contributed by atoms with Crippen LogP contribution in [0.2, 0.25) is 5.02 Å². The summed E-state index contributed by atoms with van der Waals surface area (Å²) in [5.41, 5.74) is 1.72. The van der Waals surface area contributed by atoms with E-state index < -0.39 is 4.92 Å². The third kappa shape index (κ3) is 2.44. The van der Waals surface area contributed by atoms with Gasteiger partial charge in [-0.15, -0.1) is 0 Å². The molecule has 1 saturated carbocycles. The topological polar surface area (TPSA) is 55.2 Å². The van der Waals surface area contributed by atoms with E-state index in [1.807, 2.05) is 6.92 Å². The summed E-state index contributed by atoms with van der Waals surface area (Å²) in [4.78, 5) is 10.2. The molecule has 86 valence electrons. The molecule has 0 heterocycles. The molecular formula is C11H13ClN2O2. The van der Waals surface area contributed by atoms with Gasteiger partial charge in [-0.3, -0.25) is 10.1 Å². The molecule has 5 heteroatoms. The third-order valence-electron chi connectivity index (χ3n) is 2.77. The molecule has 0 spiro atoms. The number of halogens is 1. The minimum atomic E-state index is -0.458. The summed E-state index contributed by atoms with van der Waals surface area (Å²) in [5.74, 6) is 0.758. The number of anilines is 1. The van der Waals surface area contributed by atoms with Gasteiger partial charge in [0.25, 0.3) is 5.69 Å². The molecule has 1 fully saturated rings. The molecular weight excluding hydrogens is 228 g/mol. The molecule has 1 aromatic rings. The van der Waals surface area contributed by atoms with Gasteiger partial charge in [-0.25, -0.2) is 0 Å². The van der Waals surface area contributed by atoms with Gasteiger partial charge in [-0.2, -0.15) is 0 Å². The molecule has 16 heavy (non-hydrogen) atoms. The molecule has 0 saturated heterocycles. The predicted octanol–water partition coefficient (Wildman–Crippen LogP) is 3.38. The minimum Gasteiger partial charge on any atom is -0.385 e. The lowest BCUT2D eigenvalue weighted by Gasteiger charge is -2.09. The Bertz CT molecular complexity index is 430. The molecule has 2 rings (SSSR count). The smallest absolute Gasteiger partial charge is 0.288 e. The number of nitro benzene ring substituents is 1. The quantitative estimate of drug-likeness (QED) is 0.648. The highest BCUT2D eigenvalue weighted by Crippen LogP contribution is 2.33. The Balaban J connectivity index is 2.18. The summed E-state index contributed by atoms with van der Waals surface area (Å²) in [5, 5.41) is 14.1. The zero-order valence-corrected chi connectivity index (χ0v) is 9.75. The van der Waals surface area contributed by atoms with Crippen molar-refractivity contribution < 1.29 is 4.92 Å². The largest absolute Gasteiger partial charge is 0.385 e. The fourth-order valence-corrected chi connectivity index (χ4v) is 1.81. The van der Waals surface area contributed by atoms with Crippen LogP contribution in [-0.2, 0) is 0 Å². The number of hydrogen-bond acceptors (Lipinski definition) is 3. The van der Waals surface area contributed by atoms with Crippen molar-refractivity contribution in [2.24, 2.45) is 5.92 Å². The van der Waals surface area contributed by atoms with Gasteiger partial charge in [0.15, 0.2) is 0 Å². The molecule has 0 unspecified atom stereocenters. The first kappa shape index (κ1) is 11.2. The van der Waals surface area contributed by atoms with Crippen LogP contribution in [0.5, 0.6) is 0 Å². The molecule has 1 aliphatic carbocycles. The van der Waals surface area contributed by atoms with Crippen molar-refractivity contribution in [3.63, 3.8) is 0 Å². The summed E-state index contributed by atoms with van der Waals surface area (Å²) >= 11 is 5.85. The van der Waals surface area contributed by atoms with Gasteiger partial charge < -0.3 is 5.32 Å². The van der Waals surface area contributed by atoms with Crippen LogP contribution in [0.4, 0.5) is 11.4 Å². The van der Waals surface area contributed by atoms with Gasteiger partial charge >= 0.3 is 0 Å². The van der Waals surface area contributed by atoms with E-state index >= 15 is 0 Å². The fraction of sp³-hybridized carbons (Fsp3) is 0.455. The Morgan fingerprint density at radius 3 is 2.81 bits per heavy atom. The van der Waals surface area contributed by atoms with E-state index in [1.54, 1.807) is 6.07 Å². The van der Waals surface area contributed by atoms with Crippen LogP contribution in [0.3, 0.4) is 0 Å². The van der Waals surface area contributed by atoms with Crippen LogP contribution in [0.25, 0.3) is 0 Å². The first-order valence-corrected chi connectivity index (χ1v) is 5.64. The van der Waals surface area contributed by atoms with Crippen molar-refractivity contribution >= 4 is 23.0 Å². The van der Waals surface area contributed by atoms with Gasteiger partial charge in [0, 0.05) is 18.3 Å². The van der Waals surface area contributed by atoms with Crippen LogP contribution in [-0.4, -0.2) is 11.5 Å². The normalized spacial score (nSPS) is 14.9. The van der Waals surface area contributed by atoms with Gasteiger partial charge in [0.05, 0.1) is 4.92 Å². The molecule has 0 radical (unpaired) electrons. The molecule has 0 atom stereocenters. The molecule has 4 nitrogen and oxygen atoms in total. The van der Waals surface area contributed by atoms with E-state index in [0.29, 0.717) is 0 Å². The van der Waals surface area contributed by atoms with Gasteiger partial charge in [0.1, 0.15) is 5.02 Å². The highest BCUT2D eigenvalue weighted by Gasteiger charge is 2.21. The lowest BCUT2D eigenvalue weighted by atomic mass is 10.1. The molecule has 1 N–H and O–H groups in total. The molecule has 1 aromatic carbocycles. The minimum absolute atomic E-state index is 0.0314. The number of nitro groups is 1. The molecule has 0 aromatic heterocycles. The Hall–Kier alpha value is -1.29. The summed E-state index contributed by atoms with van der Waals surface area (Å²) < 4.78 is 0. The Labute approximate surface area is 98.8 Å². The zero-order chi connectivity index (χ0) is 11.7. The predicted molar refractivity (Wildman–Crippen MR) is 64.1 cm³/mol. The van der Waals surface area contributed by atoms with Crippen molar-refractivity contribution in [2.75, 3.05) is 11.9 Å². The second-order valence-corrected chi connectivity index (χ2v) is 4.61. The molecule has 0 aliphatic heterocycles. The Kier molecular flexibility index (Phi) is 3.01. The average molecular weight is 241 g/mol. The van der Waals surface area contributed by atoms with Crippen molar-refractivity contribution in [3.8, 4) is 0 Å². The number of nitrogens with one attached hydrogen (secondary N) is 1. The third-order valence-corrected chi connectivity index (χ3v) is 3.07. The second kappa shape index (κ2) is 4.29. The first-order valence-electron chi connectivity index (χ1n) is 5.26. The Morgan fingerprint density at radius 1 is 1.56 bits per heavy atom. The van der Waals surface area contributed by atoms with E-state index in [0.717, 1.165) is 23.7 Å². The fourth-order valence-electron chi connectivity index (χ4n) is 1.57. The zero-order valence-electron chi connectivity index (χ0n) is 9.00. The van der Waals surface area contributed by atoms with E-state index in [2.05, 4.69) is 5.32 Å². The van der Waals surface area contributed by atoms with Crippen molar-refractivity contribution in [3.05, 3.63) is 32.8 Å². The summed E-state index contributed by atoms with van der Waals surface area (Å²) in [7, 11) is 0. The van der Waals surface area contributed by atoms with E-state index in [-0.39, 0.29) is 10.7 Å². The van der Waals surface area contributed by atoms with Crippen molar-refractivity contribution in [2.45, 2.75) is 19.8 Å². The lowest BCUT2D eigenvalue weighted by Crippen LogP contribution is -2.05. The van der Waals surface area contributed by atoms with Crippen LogP contribution in [0, 0.1) is 23.0 Å². The standard InChI is InChI=1S/C11H13ClN2O2/c1-7-4-11(14(15)16)9(12)5-10(7)13-6-8-2-3-8/h4-5,8,13H,2-3,6H2,1H3. The highest BCUT2D eigenvalue weighted by atomic mass is 35.5. The number of benzene rings is 1. The lowest BCUT2D eigenvalue weighted by molar-refractivity contribution is -0.384. The van der Waals surface area contributed by atoms with Gasteiger partial charge in [-0.05, 0) is 37.3 Å². The van der Waals surface area contributed by atoms with Gasteiger partial charge in [-0.1, -0.05) is 11.6 Å². The number of hydrogen-bond donors (Lipinski definition) is 1. The monoisotopic (exact) mass is 240 g/mol. The van der Waals surface area contributed by atoms with Crippen LogP contribution in [0.1, 0.15) is 18.4 Å². The number of rotatable bonds is 4. The first-order chi connectivity index (χ1) is 7.58. The van der Waals surface area contributed by atoms with E-state index in [1.165, 1.54) is 18.9 Å². The van der Waals surface area contributed by atoms with Crippen molar-refractivity contribution in [1.29, 1.82) is 0 Å². The maximum atomic E-state index is 10.7. The number of aryl methyl sites for hydroxylation is 1. The second-order valence-electron chi connectivity index (χ2n) is 4.20. The van der Waals surface area contributed by atoms with Crippen LogP contribution in [0.15, 0.2) is 12.1 Å². The van der Waals surface area contributed by atoms with E-state index in [4.69, 9.17) is 11.6 Å². The van der Waals surface area contributed by atoms with E-state index in [9.17, 15) is 10.1 Å². The van der Waals surface area contributed by atoms with Crippen LogP contribution >= 0.6 is 11.6 Å². The van der Waals surface area contributed by atoms with Crippen LogP contribution < -0.4 is 5.32 Å². The highest BCUT2D eigenvalue weighted by molar-refractivity contribution is 6.33. The molecule has 0 bridgehead atoms. The summed E-state index contributed by atoms with van der Waals surface area (Å²) in [6.07, 6.45) is 2.54.